The van der Waals surface area contributed by atoms with E-state index in [-0.39, 0.29) is 23.5 Å². The van der Waals surface area contributed by atoms with E-state index in [0.29, 0.717) is 10.6 Å². The standard InChI is InChI=1S/C25H23ClN2O3S/c1-17-12-18(2)24-20(13-17)14-21(25(29)27-24)16-28(15-19-6-4-3-5-7-19)32(30,31)23-10-8-22(26)9-11-23/h3-14H,15-16H2,1-2H3,(H,27,29). The summed E-state index contributed by atoms with van der Waals surface area (Å²) in [6.07, 6.45) is 0. The maximum absolute atomic E-state index is 13.5. The third-order valence-corrected chi connectivity index (χ3v) is 7.43. The molecule has 0 aliphatic rings. The molecule has 1 N–H and O–H groups in total. The van der Waals surface area contributed by atoms with Gasteiger partial charge >= 0.3 is 0 Å². The molecule has 5 nitrogen and oxygen atoms in total. The van der Waals surface area contributed by atoms with Gasteiger partial charge in [-0.15, -0.1) is 0 Å². The first-order chi connectivity index (χ1) is 15.2. The number of fused-ring (bicyclic) bond motifs is 1. The largest absolute Gasteiger partial charge is 0.321 e. The van der Waals surface area contributed by atoms with E-state index in [1.54, 1.807) is 18.2 Å². The summed E-state index contributed by atoms with van der Waals surface area (Å²) >= 11 is 5.95. The summed E-state index contributed by atoms with van der Waals surface area (Å²) in [6.45, 7) is 4.01. The lowest BCUT2D eigenvalue weighted by Gasteiger charge is -2.22. The monoisotopic (exact) mass is 466 g/mol. The second-order valence-corrected chi connectivity index (χ2v) is 10.3. The average Bonchev–Trinajstić information content (AvgIpc) is 2.75. The van der Waals surface area contributed by atoms with Crippen LogP contribution in [-0.4, -0.2) is 17.7 Å². The lowest BCUT2D eigenvalue weighted by molar-refractivity contribution is 0.400. The van der Waals surface area contributed by atoms with Gasteiger partial charge in [-0.25, -0.2) is 8.42 Å². The van der Waals surface area contributed by atoms with Gasteiger partial charge in [0.15, 0.2) is 0 Å². The molecular formula is C25H23ClN2O3S. The van der Waals surface area contributed by atoms with Gasteiger partial charge in [-0.2, -0.15) is 4.31 Å². The average molecular weight is 467 g/mol. The first-order valence-corrected chi connectivity index (χ1v) is 12.0. The third-order valence-electron chi connectivity index (χ3n) is 5.37. The molecule has 0 spiro atoms. The zero-order chi connectivity index (χ0) is 22.9. The number of benzene rings is 3. The maximum Gasteiger partial charge on any atom is 0.252 e. The van der Waals surface area contributed by atoms with Crippen molar-refractivity contribution in [1.82, 2.24) is 9.29 Å². The number of nitrogens with zero attached hydrogens (tertiary/aromatic N) is 1. The number of nitrogens with one attached hydrogen (secondary N) is 1. The fourth-order valence-electron chi connectivity index (χ4n) is 3.81. The minimum Gasteiger partial charge on any atom is -0.321 e. The van der Waals surface area contributed by atoms with Gasteiger partial charge in [-0.05, 0) is 66.8 Å². The van der Waals surface area contributed by atoms with Crippen LogP contribution in [0.25, 0.3) is 10.9 Å². The minimum atomic E-state index is -3.88. The van der Waals surface area contributed by atoms with Gasteiger partial charge in [-0.1, -0.05) is 53.6 Å². The van der Waals surface area contributed by atoms with Crippen molar-refractivity contribution in [2.24, 2.45) is 0 Å². The van der Waals surface area contributed by atoms with Crippen LogP contribution in [0.4, 0.5) is 0 Å². The van der Waals surface area contributed by atoms with Crippen molar-refractivity contribution in [1.29, 1.82) is 0 Å². The Bertz CT molecular complexity index is 1430. The van der Waals surface area contributed by atoms with Gasteiger partial charge in [0, 0.05) is 23.7 Å². The molecule has 0 saturated carbocycles. The molecule has 0 aliphatic carbocycles. The zero-order valence-electron chi connectivity index (χ0n) is 17.8. The molecular weight excluding hydrogens is 444 g/mol. The first kappa shape index (κ1) is 22.3. The summed E-state index contributed by atoms with van der Waals surface area (Å²) in [4.78, 5) is 15.9. The second kappa shape index (κ2) is 8.90. The lowest BCUT2D eigenvalue weighted by atomic mass is 10.1. The van der Waals surface area contributed by atoms with Crippen molar-refractivity contribution >= 4 is 32.5 Å². The second-order valence-electron chi connectivity index (χ2n) is 7.88. The van der Waals surface area contributed by atoms with Crippen LogP contribution in [0.3, 0.4) is 0 Å². The topological polar surface area (TPSA) is 70.2 Å². The predicted molar refractivity (Wildman–Crippen MR) is 128 cm³/mol. The number of aromatic nitrogens is 1. The minimum absolute atomic E-state index is 0.0574. The van der Waals surface area contributed by atoms with Crippen molar-refractivity contribution in [2.45, 2.75) is 31.8 Å². The summed E-state index contributed by atoms with van der Waals surface area (Å²) < 4.78 is 28.3. The summed E-state index contributed by atoms with van der Waals surface area (Å²) in [7, 11) is -3.88. The highest BCUT2D eigenvalue weighted by Crippen LogP contribution is 2.24. The van der Waals surface area contributed by atoms with E-state index < -0.39 is 10.0 Å². The molecule has 0 unspecified atom stereocenters. The molecule has 0 amide bonds. The molecule has 0 aliphatic heterocycles. The molecule has 3 aromatic carbocycles. The molecule has 4 aromatic rings. The number of H-pyrrole nitrogens is 1. The number of pyridine rings is 1. The molecule has 1 aromatic heterocycles. The van der Waals surface area contributed by atoms with Crippen molar-refractivity contribution in [3.63, 3.8) is 0 Å². The van der Waals surface area contributed by atoms with E-state index in [2.05, 4.69) is 4.98 Å². The molecule has 7 heteroatoms. The summed E-state index contributed by atoms with van der Waals surface area (Å²) in [5, 5.41) is 1.33. The Balaban J connectivity index is 1.79. The molecule has 164 valence electrons. The Hall–Kier alpha value is -2.93. The SMILES string of the molecule is Cc1cc(C)c2[nH]c(=O)c(CN(Cc3ccccc3)S(=O)(=O)c3ccc(Cl)cc3)cc2c1. The number of rotatable bonds is 6. The molecule has 0 bridgehead atoms. The molecule has 0 radical (unpaired) electrons. The number of hydrogen-bond acceptors (Lipinski definition) is 3. The Morgan fingerprint density at radius 1 is 0.906 bits per heavy atom. The van der Waals surface area contributed by atoms with Crippen molar-refractivity contribution in [2.75, 3.05) is 0 Å². The van der Waals surface area contributed by atoms with Crippen LogP contribution in [-0.2, 0) is 23.1 Å². The van der Waals surface area contributed by atoms with Gasteiger partial charge < -0.3 is 4.98 Å². The summed E-state index contributed by atoms with van der Waals surface area (Å²) in [5.41, 5.74) is 3.72. The normalized spacial score (nSPS) is 11.9. The van der Waals surface area contributed by atoms with Crippen LogP contribution in [0.5, 0.6) is 0 Å². The quantitative estimate of drug-likeness (QED) is 0.425. The number of halogens is 1. The fraction of sp³-hybridized carbons (Fsp3) is 0.160. The van der Waals surface area contributed by atoms with E-state index in [9.17, 15) is 13.2 Å². The lowest BCUT2D eigenvalue weighted by Crippen LogP contribution is -2.32. The van der Waals surface area contributed by atoms with Gasteiger partial charge in [0.1, 0.15) is 0 Å². The Kier molecular flexibility index (Phi) is 6.20. The molecule has 1 heterocycles. The molecule has 32 heavy (non-hydrogen) atoms. The van der Waals surface area contributed by atoms with Gasteiger partial charge in [0.05, 0.1) is 10.4 Å². The van der Waals surface area contributed by atoms with E-state index in [0.717, 1.165) is 27.6 Å². The van der Waals surface area contributed by atoms with Crippen molar-refractivity contribution in [3.05, 3.63) is 110 Å². The number of aryl methyl sites for hydroxylation is 2. The van der Waals surface area contributed by atoms with Gasteiger partial charge in [0.2, 0.25) is 10.0 Å². The van der Waals surface area contributed by atoms with Gasteiger partial charge in [-0.3, -0.25) is 4.79 Å². The van der Waals surface area contributed by atoms with Crippen LogP contribution >= 0.6 is 11.6 Å². The molecule has 0 fully saturated rings. The number of sulfonamides is 1. The van der Waals surface area contributed by atoms with Crippen LogP contribution in [0.1, 0.15) is 22.3 Å². The van der Waals surface area contributed by atoms with Crippen molar-refractivity contribution in [3.8, 4) is 0 Å². The van der Waals surface area contributed by atoms with Crippen LogP contribution in [0, 0.1) is 13.8 Å². The smallest absolute Gasteiger partial charge is 0.252 e. The van der Waals surface area contributed by atoms with E-state index in [1.165, 1.54) is 16.4 Å². The predicted octanol–water partition coefficient (Wildman–Crippen LogP) is 5.19. The third kappa shape index (κ3) is 4.63. The van der Waals surface area contributed by atoms with E-state index >= 15 is 0 Å². The molecule has 0 atom stereocenters. The number of aromatic amines is 1. The Morgan fingerprint density at radius 2 is 1.59 bits per heavy atom. The van der Waals surface area contributed by atoms with Crippen LogP contribution in [0.2, 0.25) is 5.02 Å². The van der Waals surface area contributed by atoms with Crippen molar-refractivity contribution < 1.29 is 8.42 Å². The van der Waals surface area contributed by atoms with E-state index in [1.807, 2.05) is 56.3 Å². The number of hydrogen-bond donors (Lipinski definition) is 1. The van der Waals surface area contributed by atoms with Crippen LogP contribution < -0.4 is 5.56 Å². The highest BCUT2D eigenvalue weighted by molar-refractivity contribution is 7.89. The Labute approximate surface area is 192 Å². The Morgan fingerprint density at radius 3 is 2.28 bits per heavy atom. The van der Waals surface area contributed by atoms with Crippen LogP contribution in [0.15, 0.2) is 82.5 Å². The fourth-order valence-corrected chi connectivity index (χ4v) is 5.34. The summed E-state index contributed by atoms with van der Waals surface area (Å²) in [5.74, 6) is 0. The highest BCUT2D eigenvalue weighted by atomic mass is 35.5. The van der Waals surface area contributed by atoms with Gasteiger partial charge in [0.25, 0.3) is 5.56 Å². The summed E-state index contributed by atoms with van der Waals surface area (Å²) in [6, 6.07) is 21.1. The molecule has 0 saturated heterocycles. The van der Waals surface area contributed by atoms with E-state index in [4.69, 9.17) is 11.6 Å². The maximum atomic E-state index is 13.5. The highest BCUT2D eigenvalue weighted by Gasteiger charge is 2.26. The zero-order valence-corrected chi connectivity index (χ0v) is 19.4. The molecule has 4 rings (SSSR count). The first-order valence-electron chi connectivity index (χ1n) is 10.2.